The maximum Gasteiger partial charge on any atom is 0.500 e. The van der Waals surface area contributed by atoms with E-state index in [1.807, 2.05) is 0 Å². The fraction of sp³-hybridized carbons (Fsp3) is 0.538. The molecule has 4 nitrogen and oxygen atoms in total. The van der Waals surface area contributed by atoms with Crippen LogP contribution in [0.4, 0.5) is 0 Å². The van der Waals surface area contributed by atoms with Crippen molar-refractivity contribution < 1.29 is 18.0 Å². The van der Waals surface area contributed by atoms with Gasteiger partial charge in [0.2, 0.25) is 0 Å². The molecular weight excluding hydrogens is 404 g/mol. The molecule has 0 saturated heterocycles. The second-order valence-electron chi connectivity index (χ2n) is 7.93. The predicted molar refractivity (Wildman–Crippen MR) is 131 cm³/mol. The Bertz CT molecular complexity index is 723. The first-order valence-electron chi connectivity index (χ1n) is 11.6. The second-order valence-corrected chi connectivity index (χ2v) is 11.0. The van der Waals surface area contributed by atoms with E-state index in [0.29, 0.717) is 6.61 Å². The number of hydrogen-bond acceptors (Lipinski definition) is 4. The lowest BCUT2D eigenvalue weighted by molar-refractivity contribution is 0.121. The molecule has 0 N–H and O–H groups in total. The molecule has 0 aromatic heterocycles. The largest absolute Gasteiger partial charge is 0.500 e. The summed E-state index contributed by atoms with van der Waals surface area (Å²) < 4.78 is 23.0. The molecule has 0 heterocycles. The molecule has 2 aromatic carbocycles. The van der Waals surface area contributed by atoms with Crippen molar-refractivity contribution in [3.05, 3.63) is 54.1 Å². The van der Waals surface area contributed by atoms with Gasteiger partial charge in [-0.25, -0.2) is 0 Å². The van der Waals surface area contributed by atoms with Gasteiger partial charge < -0.3 is 18.0 Å². The van der Waals surface area contributed by atoms with Crippen LogP contribution in [0.2, 0.25) is 6.04 Å². The summed E-state index contributed by atoms with van der Waals surface area (Å²) >= 11 is 0. The van der Waals surface area contributed by atoms with Crippen molar-refractivity contribution in [2.24, 2.45) is 0 Å². The second kappa shape index (κ2) is 14.4. The highest BCUT2D eigenvalue weighted by atomic mass is 28.4. The molecule has 172 valence electrons. The third kappa shape index (κ3) is 8.07. The first-order chi connectivity index (χ1) is 15.2. The molecule has 0 aliphatic carbocycles. The monoisotopic (exact) mass is 444 g/mol. The average Bonchev–Trinajstić information content (AvgIpc) is 2.83. The Morgan fingerprint density at radius 3 is 2.06 bits per heavy atom. The Balaban J connectivity index is 2.08. The fourth-order valence-corrected chi connectivity index (χ4v) is 5.60. The molecule has 0 saturated carbocycles. The number of para-hydroxylation sites is 1. The van der Waals surface area contributed by atoms with E-state index in [2.05, 4.69) is 55.5 Å². The molecule has 0 aliphatic rings. The lowest BCUT2D eigenvalue weighted by atomic mass is 9.98. The van der Waals surface area contributed by atoms with Crippen molar-refractivity contribution in [3.63, 3.8) is 0 Å². The summed E-state index contributed by atoms with van der Waals surface area (Å²) in [5, 5.41) is 0. The highest BCUT2D eigenvalue weighted by Gasteiger charge is 2.37. The molecule has 0 amide bonds. The Morgan fingerprint density at radius 2 is 1.39 bits per heavy atom. The van der Waals surface area contributed by atoms with Crippen molar-refractivity contribution in [1.29, 1.82) is 0 Å². The minimum absolute atomic E-state index is 0.609. The smallest absolute Gasteiger partial charge is 0.493 e. The molecular formula is C26H40O4Si. The lowest BCUT2D eigenvalue weighted by Gasteiger charge is -2.24. The summed E-state index contributed by atoms with van der Waals surface area (Å²) in [4.78, 5) is 0. The minimum Gasteiger partial charge on any atom is -0.493 e. The predicted octanol–water partition coefficient (Wildman–Crippen LogP) is 6.90. The van der Waals surface area contributed by atoms with Crippen molar-refractivity contribution in [2.45, 2.75) is 64.3 Å². The number of benzene rings is 2. The van der Waals surface area contributed by atoms with Crippen LogP contribution in [-0.4, -0.2) is 36.7 Å². The van der Waals surface area contributed by atoms with Crippen molar-refractivity contribution in [1.82, 2.24) is 0 Å². The van der Waals surface area contributed by atoms with Crippen LogP contribution in [0, 0.1) is 0 Å². The molecule has 0 fully saturated rings. The van der Waals surface area contributed by atoms with E-state index >= 15 is 0 Å². The van der Waals surface area contributed by atoms with Crippen molar-refractivity contribution in [2.75, 3.05) is 27.9 Å². The van der Waals surface area contributed by atoms with Crippen LogP contribution in [0.15, 0.2) is 48.5 Å². The van der Waals surface area contributed by atoms with Gasteiger partial charge in [0, 0.05) is 32.9 Å². The molecule has 5 heteroatoms. The molecule has 31 heavy (non-hydrogen) atoms. The Hall–Kier alpha value is -1.66. The van der Waals surface area contributed by atoms with Gasteiger partial charge in [0.25, 0.3) is 0 Å². The van der Waals surface area contributed by atoms with Crippen molar-refractivity contribution >= 4 is 8.80 Å². The SMILES string of the molecule is CCCCCCCCc1cccc(-c2ccccc2)c1OCCC[Si](OC)(OC)OC. The standard InChI is InChI=1S/C26H40O4Si/c1-5-6-7-8-9-11-18-24-19-14-20-25(23-16-12-10-13-17-23)26(24)30-21-15-22-31(27-2,28-3)29-4/h10,12-14,16-17,19-20H,5-9,11,15,18,21-22H2,1-4H3. The van der Waals surface area contributed by atoms with Crippen LogP contribution in [0.5, 0.6) is 5.75 Å². The third-order valence-corrected chi connectivity index (χ3v) is 8.62. The number of rotatable bonds is 16. The summed E-state index contributed by atoms with van der Waals surface area (Å²) in [7, 11) is 2.40. The van der Waals surface area contributed by atoms with Crippen LogP contribution in [0.3, 0.4) is 0 Å². The molecule has 0 spiro atoms. The maximum atomic E-state index is 6.40. The number of unbranched alkanes of at least 4 members (excludes halogenated alkanes) is 5. The normalized spacial score (nSPS) is 11.6. The summed E-state index contributed by atoms with van der Waals surface area (Å²) in [6, 6.07) is 17.8. The van der Waals surface area contributed by atoms with E-state index in [0.717, 1.165) is 30.2 Å². The molecule has 0 radical (unpaired) electrons. The van der Waals surface area contributed by atoms with E-state index < -0.39 is 8.80 Å². The fourth-order valence-electron chi connectivity index (χ4n) is 3.91. The van der Waals surface area contributed by atoms with Crippen LogP contribution < -0.4 is 4.74 Å². The van der Waals surface area contributed by atoms with Crippen LogP contribution in [0.1, 0.15) is 57.4 Å². The number of aryl methyl sites for hydroxylation is 1. The number of ether oxygens (including phenoxy) is 1. The highest BCUT2D eigenvalue weighted by Crippen LogP contribution is 2.34. The van der Waals surface area contributed by atoms with Gasteiger partial charge in [0.1, 0.15) is 5.75 Å². The third-order valence-electron chi connectivity index (χ3n) is 5.79. The van der Waals surface area contributed by atoms with Gasteiger partial charge in [-0.3, -0.25) is 0 Å². The van der Waals surface area contributed by atoms with Crippen LogP contribution in [-0.2, 0) is 19.7 Å². The van der Waals surface area contributed by atoms with E-state index in [1.165, 1.54) is 49.7 Å². The molecule has 0 atom stereocenters. The van der Waals surface area contributed by atoms with E-state index in [9.17, 15) is 0 Å². The van der Waals surface area contributed by atoms with Crippen molar-refractivity contribution in [3.8, 4) is 16.9 Å². The highest BCUT2D eigenvalue weighted by molar-refractivity contribution is 6.60. The zero-order chi connectivity index (χ0) is 22.4. The molecule has 2 rings (SSSR count). The van der Waals surface area contributed by atoms with E-state index in [-0.39, 0.29) is 0 Å². The molecule has 0 bridgehead atoms. The first-order valence-corrected chi connectivity index (χ1v) is 13.6. The van der Waals surface area contributed by atoms with E-state index in [4.69, 9.17) is 18.0 Å². The molecule has 0 unspecified atom stereocenters. The average molecular weight is 445 g/mol. The van der Waals surface area contributed by atoms with Gasteiger partial charge in [0.05, 0.1) is 6.61 Å². The first kappa shape index (κ1) is 25.6. The van der Waals surface area contributed by atoms with Gasteiger partial charge in [-0.05, 0) is 30.4 Å². The van der Waals surface area contributed by atoms with Gasteiger partial charge in [0.15, 0.2) is 0 Å². The van der Waals surface area contributed by atoms with Gasteiger partial charge in [-0.15, -0.1) is 0 Å². The van der Waals surface area contributed by atoms with E-state index in [1.54, 1.807) is 21.3 Å². The van der Waals surface area contributed by atoms with Gasteiger partial charge in [-0.1, -0.05) is 87.6 Å². The quantitative estimate of drug-likeness (QED) is 0.208. The summed E-state index contributed by atoms with van der Waals surface area (Å²) in [5.41, 5.74) is 3.65. The molecule has 0 aliphatic heterocycles. The van der Waals surface area contributed by atoms with Gasteiger partial charge >= 0.3 is 8.80 Å². The van der Waals surface area contributed by atoms with Crippen LogP contribution >= 0.6 is 0 Å². The maximum absolute atomic E-state index is 6.40. The van der Waals surface area contributed by atoms with Crippen LogP contribution in [0.25, 0.3) is 11.1 Å². The lowest BCUT2D eigenvalue weighted by Crippen LogP contribution is -2.42. The molecule has 2 aromatic rings. The Kier molecular flexibility index (Phi) is 11.9. The Labute approximate surface area is 190 Å². The summed E-state index contributed by atoms with van der Waals surface area (Å²) in [6.07, 6.45) is 9.64. The zero-order valence-corrected chi connectivity index (χ0v) is 20.8. The summed E-state index contributed by atoms with van der Waals surface area (Å²) in [6.45, 7) is 2.87. The zero-order valence-electron chi connectivity index (χ0n) is 19.8. The topological polar surface area (TPSA) is 36.9 Å². The minimum atomic E-state index is -2.56. The number of hydrogen-bond donors (Lipinski definition) is 0. The summed E-state index contributed by atoms with van der Waals surface area (Å²) in [5.74, 6) is 1.02. The van der Waals surface area contributed by atoms with Gasteiger partial charge in [-0.2, -0.15) is 0 Å². The Morgan fingerprint density at radius 1 is 0.710 bits per heavy atom.